The van der Waals surface area contributed by atoms with E-state index in [0.717, 1.165) is 0 Å². The maximum atomic E-state index is 5.37. The van der Waals surface area contributed by atoms with Gasteiger partial charge in [0.05, 0.1) is 0 Å². The first-order valence-corrected chi connectivity index (χ1v) is 4.67. The van der Waals surface area contributed by atoms with Crippen molar-refractivity contribution in [3.05, 3.63) is 11.9 Å². The highest BCUT2D eigenvalue weighted by atomic mass is 16.5. The second kappa shape index (κ2) is 5.17. The summed E-state index contributed by atoms with van der Waals surface area (Å²) in [4.78, 5) is 8.29. The van der Waals surface area contributed by atoms with Crippen LogP contribution in [-0.4, -0.2) is 16.1 Å². The molecule has 0 saturated heterocycles. The number of ether oxygens (including phenoxy) is 1. The second-order valence-electron chi connectivity index (χ2n) is 2.93. The SMILES string of the molecule is C#CC(C)Oc1cc(NN)nc(CC)n1. The number of aryl methyl sites for hydroxylation is 1. The first-order chi connectivity index (χ1) is 7.19. The van der Waals surface area contributed by atoms with Crippen molar-refractivity contribution < 1.29 is 4.74 Å². The predicted molar refractivity (Wildman–Crippen MR) is 58.1 cm³/mol. The van der Waals surface area contributed by atoms with Crippen LogP contribution in [0, 0.1) is 12.3 Å². The van der Waals surface area contributed by atoms with Crippen LogP contribution in [-0.2, 0) is 6.42 Å². The minimum Gasteiger partial charge on any atom is -0.461 e. The number of aromatic nitrogens is 2. The van der Waals surface area contributed by atoms with Crippen molar-refractivity contribution in [2.45, 2.75) is 26.4 Å². The molecule has 1 rings (SSSR count). The molecule has 1 atom stereocenters. The minimum absolute atomic E-state index is 0.324. The highest BCUT2D eigenvalue weighted by Crippen LogP contribution is 2.14. The minimum atomic E-state index is -0.324. The third-order valence-electron chi connectivity index (χ3n) is 1.75. The first-order valence-electron chi connectivity index (χ1n) is 4.67. The standard InChI is InChI=1S/C10H14N4O/c1-4-7(3)15-10-6-9(14-11)12-8(5-2)13-10/h1,6-7H,5,11H2,2-3H3,(H,12,13,14). The van der Waals surface area contributed by atoms with E-state index < -0.39 is 0 Å². The van der Waals surface area contributed by atoms with Gasteiger partial charge in [-0.3, -0.25) is 0 Å². The summed E-state index contributed by atoms with van der Waals surface area (Å²) in [6, 6.07) is 1.60. The summed E-state index contributed by atoms with van der Waals surface area (Å²) in [5.41, 5.74) is 2.45. The van der Waals surface area contributed by atoms with E-state index in [0.29, 0.717) is 23.9 Å². The number of nitrogens with zero attached hydrogens (tertiary/aromatic N) is 2. The van der Waals surface area contributed by atoms with Crippen molar-refractivity contribution in [3.63, 3.8) is 0 Å². The van der Waals surface area contributed by atoms with E-state index in [1.54, 1.807) is 13.0 Å². The van der Waals surface area contributed by atoms with Gasteiger partial charge in [-0.15, -0.1) is 6.42 Å². The van der Waals surface area contributed by atoms with Crippen molar-refractivity contribution in [1.29, 1.82) is 0 Å². The lowest BCUT2D eigenvalue weighted by molar-refractivity contribution is 0.266. The average molecular weight is 206 g/mol. The van der Waals surface area contributed by atoms with E-state index in [1.165, 1.54) is 0 Å². The van der Waals surface area contributed by atoms with E-state index in [1.807, 2.05) is 6.92 Å². The van der Waals surface area contributed by atoms with Crippen LogP contribution in [0.25, 0.3) is 0 Å². The summed E-state index contributed by atoms with van der Waals surface area (Å²) in [5, 5.41) is 0. The molecule has 1 aromatic rings. The Kier molecular flexibility index (Phi) is 3.89. The molecule has 80 valence electrons. The molecule has 0 saturated carbocycles. The first kappa shape index (κ1) is 11.3. The largest absolute Gasteiger partial charge is 0.461 e. The van der Waals surface area contributed by atoms with Crippen LogP contribution in [0.5, 0.6) is 5.88 Å². The summed E-state index contributed by atoms with van der Waals surface area (Å²) < 4.78 is 5.37. The molecular formula is C10H14N4O. The van der Waals surface area contributed by atoms with Crippen LogP contribution in [0.2, 0.25) is 0 Å². The molecule has 1 aromatic heterocycles. The van der Waals surface area contributed by atoms with Gasteiger partial charge < -0.3 is 10.2 Å². The molecule has 0 aromatic carbocycles. The summed E-state index contributed by atoms with van der Waals surface area (Å²) in [6.45, 7) is 3.72. The number of nitrogen functional groups attached to an aromatic ring is 1. The number of nitrogens with two attached hydrogens (primary N) is 1. The normalized spacial score (nSPS) is 11.6. The van der Waals surface area contributed by atoms with Crippen LogP contribution in [0.15, 0.2) is 6.07 Å². The van der Waals surface area contributed by atoms with Crippen LogP contribution in [0.1, 0.15) is 19.7 Å². The Morgan fingerprint density at radius 1 is 1.67 bits per heavy atom. The Hall–Kier alpha value is -1.80. The summed E-state index contributed by atoms with van der Waals surface area (Å²) in [7, 11) is 0. The molecule has 5 heteroatoms. The van der Waals surface area contributed by atoms with Gasteiger partial charge in [0.15, 0.2) is 6.10 Å². The smallest absolute Gasteiger partial charge is 0.220 e. The number of hydrogen-bond donors (Lipinski definition) is 2. The monoisotopic (exact) mass is 206 g/mol. The fraction of sp³-hybridized carbons (Fsp3) is 0.400. The molecule has 0 amide bonds. The molecule has 0 radical (unpaired) electrons. The third kappa shape index (κ3) is 3.11. The van der Waals surface area contributed by atoms with Crippen LogP contribution >= 0.6 is 0 Å². The van der Waals surface area contributed by atoms with Crippen LogP contribution in [0.4, 0.5) is 5.82 Å². The molecule has 0 aliphatic rings. The number of terminal acetylenes is 1. The van der Waals surface area contributed by atoms with E-state index in [2.05, 4.69) is 21.3 Å². The van der Waals surface area contributed by atoms with Gasteiger partial charge in [0, 0.05) is 12.5 Å². The molecule has 0 aliphatic heterocycles. The van der Waals surface area contributed by atoms with E-state index >= 15 is 0 Å². The summed E-state index contributed by atoms with van der Waals surface area (Å²) in [5.74, 6) is 9.33. The fourth-order valence-corrected chi connectivity index (χ4v) is 0.980. The van der Waals surface area contributed by atoms with E-state index in [-0.39, 0.29) is 6.10 Å². The Labute approximate surface area is 89.0 Å². The quantitative estimate of drug-likeness (QED) is 0.431. The van der Waals surface area contributed by atoms with Crippen molar-refractivity contribution in [2.75, 3.05) is 5.43 Å². The van der Waals surface area contributed by atoms with E-state index in [9.17, 15) is 0 Å². The molecule has 5 nitrogen and oxygen atoms in total. The molecule has 1 unspecified atom stereocenters. The van der Waals surface area contributed by atoms with Gasteiger partial charge in [0.25, 0.3) is 0 Å². The van der Waals surface area contributed by atoms with Gasteiger partial charge in [-0.05, 0) is 6.92 Å². The number of hydrogen-bond acceptors (Lipinski definition) is 5. The Morgan fingerprint density at radius 3 is 2.93 bits per heavy atom. The van der Waals surface area contributed by atoms with Crippen LogP contribution < -0.4 is 16.0 Å². The van der Waals surface area contributed by atoms with Gasteiger partial charge in [0.2, 0.25) is 5.88 Å². The lowest BCUT2D eigenvalue weighted by atomic mass is 10.4. The molecule has 0 aliphatic carbocycles. The van der Waals surface area contributed by atoms with Crippen LogP contribution in [0.3, 0.4) is 0 Å². The fourth-order valence-electron chi connectivity index (χ4n) is 0.980. The van der Waals surface area contributed by atoms with Gasteiger partial charge in [-0.2, -0.15) is 4.98 Å². The van der Waals surface area contributed by atoms with Gasteiger partial charge in [0.1, 0.15) is 11.6 Å². The Bertz CT molecular complexity index is 350. The Morgan fingerprint density at radius 2 is 2.40 bits per heavy atom. The number of anilines is 1. The van der Waals surface area contributed by atoms with Crippen molar-refractivity contribution in [2.24, 2.45) is 5.84 Å². The van der Waals surface area contributed by atoms with Crippen molar-refractivity contribution in [3.8, 4) is 18.2 Å². The maximum Gasteiger partial charge on any atom is 0.220 e. The van der Waals surface area contributed by atoms with Gasteiger partial charge in [-0.1, -0.05) is 12.8 Å². The number of hydrazine groups is 1. The van der Waals surface area contributed by atoms with Gasteiger partial charge in [-0.25, -0.2) is 10.8 Å². The topological polar surface area (TPSA) is 73.1 Å². The zero-order valence-electron chi connectivity index (χ0n) is 8.82. The average Bonchev–Trinajstić information content (AvgIpc) is 2.28. The lowest BCUT2D eigenvalue weighted by Crippen LogP contribution is -2.14. The molecule has 1 heterocycles. The highest BCUT2D eigenvalue weighted by molar-refractivity contribution is 5.37. The molecule has 0 bridgehead atoms. The number of rotatable bonds is 4. The molecule has 0 spiro atoms. The van der Waals surface area contributed by atoms with Crippen molar-refractivity contribution in [1.82, 2.24) is 9.97 Å². The maximum absolute atomic E-state index is 5.37. The number of nitrogens with one attached hydrogen (secondary N) is 1. The van der Waals surface area contributed by atoms with Crippen molar-refractivity contribution >= 4 is 5.82 Å². The van der Waals surface area contributed by atoms with Gasteiger partial charge >= 0.3 is 0 Å². The second-order valence-corrected chi connectivity index (χ2v) is 2.93. The Balaban J connectivity index is 2.92. The molecule has 3 N–H and O–H groups in total. The molecule has 15 heavy (non-hydrogen) atoms. The molecular weight excluding hydrogens is 192 g/mol. The predicted octanol–water partition coefficient (Wildman–Crippen LogP) is 0.725. The summed E-state index contributed by atoms with van der Waals surface area (Å²) in [6.07, 6.45) is 5.58. The third-order valence-corrected chi connectivity index (χ3v) is 1.75. The summed E-state index contributed by atoms with van der Waals surface area (Å²) >= 11 is 0. The highest BCUT2D eigenvalue weighted by Gasteiger charge is 2.05. The zero-order chi connectivity index (χ0) is 11.3. The molecule has 0 fully saturated rings. The lowest BCUT2D eigenvalue weighted by Gasteiger charge is -2.10. The zero-order valence-corrected chi connectivity index (χ0v) is 8.82. The van der Waals surface area contributed by atoms with E-state index in [4.69, 9.17) is 17.0 Å².